The van der Waals surface area contributed by atoms with Crippen LogP contribution in [-0.2, 0) is 31.9 Å². The molecule has 0 aliphatic carbocycles. The van der Waals surface area contributed by atoms with E-state index >= 15 is 0 Å². The van der Waals surface area contributed by atoms with Gasteiger partial charge in [-0.2, -0.15) is 0 Å². The van der Waals surface area contributed by atoms with Crippen molar-refractivity contribution < 1.29 is 19.1 Å². The topological polar surface area (TPSA) is 52.6 Å². The lowest BCUT2D eigenvalue weighted by Gasteiger charge is -2.16. The quantitative estimate of drug-likeness (QED) is 0.321. The first-order chi connectivity index (χ1) is 13.2. The van der Waals surface area contributed by atoms with Crippen molar-refractivity contribution in [2.24, 2.45) is 0 Å². The van der Waals surface area contributed by atoms with Gasteiger partial charge in [0, 0.05) is 6.42 Å². The number of ether oxygens (including phenoxy) is 2. The Labute approximate surface area is 161 Å². The summed E-state index contributed by atoms with van der Waals surface area (Å²) < 4.78 is 11.0. The zero-order valence-electron chi connectivity index (χ0n) is 15.9. The van der Waals surface area contributed by atoms with Crippen molar-refractivity contribution in [2.45, 2.75) is 45.1 Å². The normalized spacial score (nSPS) is 11.7. The van der Waals surface area contributed by atoms with Crippen molar-refractivity contribution in [2.75, 3.05) is 13.2 Å². The van der Waals surface area contributed by atoms with Crippen LogP contribution < -0.4 is 0 Å². The molecule has 2 aromatic rings. The van der Waals surface area contributed by atoms with Crippen LogP contribution >= 0.6 is 0 Å². The van der Waals surface area contributed by atoms with E-state index in [0.29, 0.717) is 19.6 Å². The molecule has 0 spiro atoms. The number of unbranched alkanes of at least 4 members (excludes halogenated alkanes) is 2. The molecule has 4 nitrogen and oxygen atoms in total. The van der Waals surface area contributed by atoms with Crippen LogP contribution in [0.4, 0.5) is 0 Å². The van der Waals surface area contributed by atoms with E-state index in [9.17, 15) is 9.59 Å². The van der Waals surface area contributed by atoms with Gasteiger partial charge in [0.15, 0.2) is 5.78 Å². The summed E-state index contributed by atoms with van der Waals surface area (Å²) in [6, 6.07) is 19.2. The maximum atomic E-state index is 12.7. The molecule has 4 heteroatoms. The van der Waals surface area contributed by atoms with E-state index in [0.717, 1.165) is 30.4 Å². The van der Waals surface area contributed by atoms with E-state index in [1.54, 1.807) is 0 Å². The van der Waals surface area contributed by atoms with Crippen LogP contribution in [0.15, 0.2) is 60.7 Å². The van der Waals surface area contributed by atoms with E-state index in [2.05, 4.69) is 6.92 Å². The molecule has 0 heterocycles. The Kier molecular flexibility index (Phi) is 9.28. The second-order valence-corrected chi connectivity index (χ2v) is 6.49. The van der Waals surface area contributed by atoms with Crippen molar-refractivity contribution in [3.8, 4) is 0 Å². The number of hydrogen-bond donors (Lipinski definition) is 0. The second kappa shape index (κ2) is 12.0. The molecule has 2 aromatic carbocycles. The zero-order chi connectivity index (χ0) is 19.3. The summed E-state index contributed by atoms with van der Waals surface area (Å²) >= 11 is 0. The second-order valence-electron chi connectivity index (χ2n) is 6.49. The van der Waals surface area contributed by atoms with Crippen LogP contribution in [0.2, 0.25) is 0 Å². The molecule has 144 valence electrons. The highest BCUT2D eigenvalue weighted by molar-refractivity contribution is 6.02. The van der Waals surface area contributed by atoms with Gasteiger partial charge in [-0.05, 0) is 24.0 Å². The maximum Gasteiger partial charge on any atom is 0.343 e. The molecule has 27 heavy (non-hydrogen) atoms. The van der Waals surface area contributed by atoms with Gasteiger partial charge in [-0.25, -0.2) is 4.79 Å². The fourth-order valence-corrected chi connectivity index (χ4v) is 2.72. The Balaban J connectivity index is 1.93. The third-order valence-electron chi connectivity index (χ3n) is 4.24. The fraction of sp³-hybridized carbons (Fsp3) is 0.391. The molecular weight excluding hydrogens is 340 g/mol. The van der Waals surface area contributed by atoms with Gasteiger partial charge >= 0.3 is 5.97 Å². The SMILES string of the molecule is CCCCCOC(=O)C(OCCc1ccccc1)C(=O)Cc1ccccc1. The molecule has 0 aromatic heterocycles. The van der Waals surface area contributed by atoms with Gasteiger partial charge in [0.05, 0.1) is 13.2 Å². The minimum atomic E-state index is -1.17. The monoisotopic (exact) mass is 368 g/mol. The average molecular weight is 368 g/mol. The Morgan fingerprint density at radius 1 is 0.852 bits per heavy atom. The Bertz CT molecular complexity index is 682. The van der Waals surface area contributed by atoms with Crippen LogP contribution in [0.5, 0.6) is 0 Å². The van der Waals surface area contributed by atoms with Gasteiger partial charge in [0.1, 0.15) is 0 Å². The number of Topliss-reactive ketones (excluding diaryl/α,β-unsaturated/α-hetero) is 1. The van der Waals surface area contributed by atoms with Gasteiger partial charge in [-0.15, -0.1) is 0 Å². The average Bonchev–Trinajstić information content (AvgIpc) is 2.70. The highest BCUT2D eigenvalue weighted by Crippen LogP contribution is 2.09. The molecule has 0 aliphatic heterocycles. The van der Waals surface area contributed by atoms with Crippen LogP contribution in [0.25, 0.3) is 0 Å². The molecular formula is C23H28O4. The molecule has 0 radical (unpaired) electrons. The van der Waals surface area contributed by atoms with Gasteiger partial charge < -0.3 is 9.47 Å². The molecule has 0 N–H and O–H groups in total. The molecule has 1 unspecified atom stereocenters. The summed E-state index contributed by atoms with van der Waals surface area (Å²) in [6.07, 6.45) is 2.45. The van der Waals surface area contributed by atoms with Gasteiger partial charge in [0.25, 0.3) is 0 Å². The Hall–Kier alpha value is -2.46. The summed E-state index contributed by atoms with van der Waals surface area (Å²) in [7, 11) is 0. The molecule has 0 saturated carbocycles. The van der Waals surface area contributed by atoms with Gasteiger partial charge in [-0.1, -0.05) is 80.4 Å². The number of rotatable bonds is 12. The largest absolute Gasteiger partial charge is 0.463 e. The first-order valence-electron chi connectivity index (χ1n) is 9.59. The number of ketones is 1. The molecule has 1 atom stereocenters. The van der Waals surface area contributed by atoms with Gasteiger partial charge in [-0.3, -0.25) is 4.79 Å². The molecule has 2 rings (SSSR count). The van der Waals surface area contributed by atoms with Crippen molar-refractivity contribution in [1.82, 2.24) is 0 Å². The highest BCUT2D eigenvalue weighted by Gasteiger charge is 2.28. The standard InChI is InChI=1S/C23H28O4/c1-2-3-10-16-27-23(25)22(21(24)18-20-13-8-5-9-14-20)26-17-15-19-11-6-4-7-12-19/h4-9,11-14,22H,2-3,10,15-18H2,1H3. The van der Waals surface area contributed by atoms with Crippen molar-refractivity contribution in [3.05, 3.63) is 71.8 Å². The molecule has 0 aliphatic rings. The molecule has 0 fully saturated rings. The van der Waals surface area contributed by atoms with Gasteiger partial charge in [0.2, 0.25) is 6.10 Å². The van der Waals surface area contributed by atoms with E-state index in [4.69, 9.17) is 9.47 Å². The van der Waals surface area contributed by atoms with E-state index in [-0.39, 0.29) is 12.2 Å². The summed E-state index contributed by atoms with van der Waals surface area (Å²) in [4.78, 5) is 25.1. The summed E-state index contributed by atoms with van der Waals surface area (Å²) in [5.41, 5.74) is 1.96. The van der Waals surface area contributed by atoms with Crippen LogP contribution in [0.1, 0.15) is 37.3 Å². The molecule has 0 bridgehead atoms. The third-order valence-corrected chi connectivity index (χ3v) is 4.24. The summed E-state index contributed by atoms with van der Waals surface area (Å²) in [5.74, 6) is -0.852. The van der Waals surface area contributed by atoms with E-state index in [1.807, 2.05) is 60.7 Å². The van der Waals surface area contributed by atoms with Crippen molar-refractivity contribution in [3.63, 3.8) is 0 Å². The van der Waals surface area contributed by atoms with Crippen molar-refractivity contribution >= 4 is 11.8 Å². The first-order valence-corrected chi connectivity index (χ1v) is 9.59. The third kappa shape index (κ3) is 7.75. The lowest BCUT2D eigenvalue weighted by molar-refractivity contribution is -0.161. The number of carbonyl (C=O) groups is 2. The lowest BCUT2D eigenvalue weighted by Crippen LogP contribution is -2.36. The highest BCUT2D eigenvalue weighted by atomic mass is 16.6. The minimum absolute atomic E-state index is 0.154. The van der Waals surface area contributed by atoms with Crippen LogP contribution in [0, 0.1) is 0 Å². The van der Waals surface area contributed by atoms with E-state index in [1.165, 1.54) is 0 Å². The fourth-order valence-electron chi connectivity index (χ4n) is 2.72. The number of carbonyl (C=O) groups excluding carboxylic acids is 2. The predicted octanol–water partition coefficient (Wildman–Crippen LogP) is 4.16. The number of esters is 1. The maximum absolute atomic E-state index is 12.7. The Morgan fingerprint density at radius 3 is 2.11 bits per heavy atom. The summed E-state index contributed by atoms with van der Waals surface area (Å²) in [5, 5.41) is 0. The zero-order valence-corrected chi connectivity index (χ0v) is 15.9. The smallest absolute Gasteiger partial charge is 0.343 e. The van der Waals surface area contributed by atoms with E-state index < -0.39 is 12.1 Å². The van der Waals surface area contributed by atoms with Crippen LogP contribution in [0.3, 0.4) is 0 Å². The predicted molar refractivity (Wildman–Crippen MR) is 106 cm³/mol. The summed E-state index contributed by atoms with van der Waals surface area (Å²) in [6.45, 7) is 2.70. The first kappa shape index (κ1) is 20.8. The molecule has 0 saturated heterocycles. The molecule has 0 amide bonds. The van der Waals surface area contributed by atoms with Crippen molar-refractivity contribution in [1.29, 1.82) is 0 Å². The van der Waals surface area contributed by atoms with Crippen LogP contribution in [-0.4, -0.2) is 31.1 Å². The minimum Gasteiger partial charge on any atom is -0.463 e. The number of hydrogen-bond acceptors (Lipinski definition) is 4. The number of benzene rings is 2. The lowest BCUT2D eigenvalue weighted by atomic mass is 10.1. The Morgan fingerprint density at radius 2 is 1.48 bits per heavy atom.